The molecule has 32 nitrogen and oxygen atoms in total. The van der Waals surface area contributed by atoms with Crippen LogP contribution in [-0.4, -0.2) is 300 Å². The molecule has 2 aromatic carbocycles. The number of unbranched alkanes of at least 4 members (excludes halogenated alkanes) is 1. The minimum atomic E-state index is -1.16. The maximum absolute atomic E-state index is 15.0. The fourth-order valence-corrected chi connectivity index (χ4v) is 15.3. The Balaban J connectivity index is 1.13. The van der Waals surface area contributed by atoms with Crippen molar-refractivity contribution in [2.75, 3.05) is 186 Å². The van der Waals surface area contributed by atoms with Crippen LogP contribution in [0.1, 0.15) is 184 Å². The van der Waals surface area contributed by atoms with E-state index in [0.717, 1.165) is 35.3 Å². The Kier molecular flexibility index (Phi) is 56.0. The highest BCUT2D eigenvalue weighted by molar-refractivity contribution is 7.09. The number of carboxylic acid groups (broad SMARTS) is 2. The molecule has 1 aromatic heterocycles. The zero-order chi connectivity index (χ0) is 90.2. The molecule has 4 amide bonds. The molecule has 4 rings (SSSR count). The van der Waals surface area contributed by atoms with E-state index in [1.807, 2.05) is 82.3 Å². The number of carbonyl (C=O) groups is 10. The predicted molar refractivity (Wildman–Crippen MR) is 463 cm³/mol. The van der Waals surface area contributed by atoms with Gasteiger partial charge in [0.1, 0.15) is 29.1 Å². The predicted octanol–water partition coefficient (Wildman–Crippen LogP) is 8.42. The smallest absolute Gasteiger partial charge is 0.306 e. The first-order chi connectivity index (χ1) is 59.1. The number of esters is 1. The van der Waals surface area contributed by atoms with Gasteiger partial charge in [-0.1, -0.05) is 109 Å². The van der Waals surface area contributed by atoms with Crippen molar-refractivity contribution in [2.45, 2.75) is 201 Å². The van der Waals surface area contributed by atoms with Gasteiger partial charge in [-0.25, -0.2) is 4.98 Å². The first kappa shape index (κ1) is 108. The number of Topliss-reactive ketones (excluding diaryl/α,β-unsaturated/α-hetero) is 3. The van der Waals surface area contributed by atoms with E-state index in [4.69, 9.17) is 67.3 Å². The van der Waals surface area contributed by atoms with Crippen molar-refractivity contribution in [3.05, 3.63) is 87.4 Å². The summed E-state index contributed by atoms with van der Waals surface area (Å²) in [7, 11) is 5.42. The van der Waals surface area contributed by atoms with Gasteiger partial charge in [0.05, 0.1) is 184 Å². The fraction of sp³-hybridized carbons (Fsp3) is 0.722. The van der Waals surface area contributed by atoms with E-state index in [0.29, 0.717) is 219 Å². The van der Waals surface area contributed by atoms with Gasteiger partial charge >= 0.3 is 17.9 Å². The van der Waals surface area contributed by atoms with Crippen LogP contribution < -0.4 is 21.7 Å². The maximum atomic E-state index is 15.0. The van der Waals surface area contributed by atoms with Crippen LogP contribution in [0.25, 0.3) is 0 Å². The highest BCUT2D eigenvalue weighted by atomic mass is 32.1. The molecule has 33 heteroatoms. The monoisotopic (exact) mass is 1760 g/mol. The molecule has 1 aliphatic rings. The highest BCUT2D eigenvalue weighted by Gasteiger charge is 2.44. The minimum absolute atomic E-state index is 0.0123. The van der Waals surface area contributed by atoms with Gasteiger partial charge in [0, 0.05) is 107 Å². The normalized spacial score (nSPS) is 16.4. The Hall–Kier alpha value is -7.19. The van der Waals surface area contributed by atoms with Crippen LogP contribution in [0.5, 0.6) is 0 Å². The average Bonchev–Trinajstić information content (AvgIpc) is 1.06. The van der Waals surface area contributed by atoms with Crippen LogP contribution in [0.15, 0.2) is 60.0 Å². The number of quaternary nitrogens is 1. The van der Waals surface area contributed by atoms with Gasteiger partial charge in [0.15, 0.2) is 17.7 Å². The van der Waals surface area contributed by atoms with Crippen molar-refractivity contribution in [1.82, 2.24) is 25.8 Å². The number of thiazole rings is 1. The Morgan fingerprint density at radius 2 is 1.12 bits per heavy atom. The van der Waals surface area contributed by atoms with Gasteiger partial charge in [0.25, 0.3) is 5.91 Å². The van der Waals surface area contributed by atoms with Crippen molar-refractivity contribution in [1.29, 1.82) is 0 Å². The summed E-state index contributed by atoms with van der Waals surface area (Å²) in [6.07, 6.45) is 3.50. The number of aromatic nitrogens is 1. The van der Waals surface area contributed by atoms with Gasteiger partial charge in [-0.2, -0.15) is 0 Å². The Morgan fingerprint density at radius 1 is 0.602 bits per heavy atom. The first-order valence-corrected chi connectivity index (χ1v) is 44.8. The number of methoxy groups -OCH3 is 1. The Morgan fingerprint density at radius 3 is 1.61 bits per heavy atom. The summed E-state index contributed by atoms with van der Waals surface area (Å²) in [5, 5.41) is 30.0. The topological polar surface area (TPSA) is 409 Å². The molecule has 3 aromatic rings. The molecular weight excluding hydrogens is 1610 g/mol. The number of aliphatic carboxylic acids is 2. The van der Waals surface area contributed by atoms with E-state index in [1.54, 1.807) is 45.2 Å². The number of likely N-dealkylation sites (tertiary alicyclic amines) is 1. The van der Waals surface area contributed by atoms with Crippen molar-refractivity contribution < 1.29 is 124 Å². The van der Waals surface area contributed by atoms with Crippen LogP contribution in [0.3, 0.4) is 0 Å². The summed E-state index contributed by atoms with van der Waals surface area (Å²) in [6, 6.07) is 13.5. The van der Waals surface area contributed by atoms with Crippen molar-refractivity contribution in [3.63, 3.8) is 0 Å². The molecule has 0 bridgehead atoms. The quantitative estimate of drug-likeness (QED) is 0.0175. The number of nitrogens with two attached hydrogens (primary N) is 1. The number of likely N-dealkylation sites (N-methyl/N-ethyl adjacent to an activating group) is 1. The molecular formula is C90H146N7O25S+. The van der Waals surface area contributed by atoms with Gasteiger partial charge in [-0.15, -0.1) is 11.3 Å². The second-order valence-electron chi connectivity index (χ2n) is 32.4. The number of hydrogen-bond acceptors (Lipinski definition) is 26. The summed E-state index contributed by atoms with van der Waals surface area (Å²) in [5.74, 6) is -7.81. The maximum Gasteiger partial charge on any atom is 0.306 e. The number of nitrogens with one attached hydrogen (secondary N) is 3. The molecule has 11 atom stereocenters. The number of ether oxygens (including phenoxy) is 13. The van der Waals surface area contributed by atoms with Crippen LogP contribution in [-0.2, 0) is 124 Å². The summed E-state index contributed by atoms with van der Waals surface area (Å²) in [6.45, 7) is 26.2. The summed E-state index contributed by atoms with van der Waals surface area (Å²) >= 11 is 1.15. The number of amides is 4. The van der Waals surface area contributed by atoms with Crippen LogP contribution in [0.2, 0.25) is 0 Å². The number of rotatable bonds is 74. The number of carbonyl (C=O) groups excluding carboxylic acids is 8. The van der Waals surface area contributed by atoms with Gasteiger partial charge in [0.2, 0.25) is 17.7 Å². The molecule has 696 valence electrons. The molecule has 7 N–H and O–H groups in total. The van der Waals surface area contributed by atoms with Crippen molar-refractivity contribution in [3.8, 4) is 0 Å². The molecule has 0 radical (unpaired) electrons. The molecule has 123 heavy (non-hydrogen) atoms. The zero-order valence-electron chi connectivity index (χ0n) is 75.0. The molecule has 1 unspecified atom stereocenters. The van der Waals surface area contributed by atoms with Crippen LogP contribution in [0, 0.1) is 35.5 Å². The number of nitrogens with zero attached hydrogens (tertiary/aromatic N) is 3. The SMILES string of the molecule is CC[C@H](C)[C@H](CC(=O)[C@H]1CCCC[N+]1(C)Cc1ccc(CC(=O)[C@H](CCC(=O)O)NC(=O)[C@@H](CC(=O)[C@@H](N)CCCCNC(=O)CCOCCOCCOCCOCCOCCOCCOCCOCCOCCOCCOCCOC)C(C)C)cc1)C(=O)N(C)[C@H](C[C@@H](OC(C)=O)c1nc(C(=O)N[C@@H](Cc2ccccc2)C[C@H](C)C(=O)O)cs1)C(C)C. The van der Waals surface area contributed by atoms with Crippen LogP contribution in [0.4, 0.5) is 0 Å². The number of hydrogen-bond donors (Lipinski definition) is 6. The zero-order valence-corrected chi connectivity index (χ0v) is 75.8. The third-order valence-electron chi connectivity index (χ3n) is 21.9. The van der Waals surface area contributed by atoms with E-state index in [1.165, 1.54) is 6.92 Å². The lowest BCUT2D eigenvalue weighted by Gasteiger charge is -2.44. The molecule has 0 aliphatic carbocycles. The standard InChI is InChI=1S/C90H145N7O25S/c1-12-66(6)74(89(107)96(9)78(65(4)5)61-83(122-68(8)98)88-95-77(63-123-88)87(106)93-72(56-67(7)90(108)109)57-69-20-14-13-15-21-69)60-82(101)79-23-17-19-32-97(79,10)62-71-26-24-70(25-27-71)58-81(100)76(28-29-85(103)104)94-86(105)73(64(2)3)59-80(99)75(91)22-16-18-31-92-84(102)30-33-111-36-37-113-40-41-115-44-45-117-48-49-119-52-53-121-55-54-120-51-50-118-47-46-116-43-42-114-39-38-112-35-34-110-11/h13-15,20-21,24-27,63-67,72-76,78-79,83H,12,16-19,22-23,28-62,91H2,1-11H3,(H4-,92,93,94,102,103,104,105,106,108,109)/p+1/t66-,67-,72+,73-,74-,75-,76-,78+,79+,83+,97?/m0/s1. The average molecular weight is 1760 g/mol. The Labute approximate surface area is 732 Å². The van der Waals surface area contributed by atoms with Crippen LogP contribution >= 0.6 is 11.3 Å². The number of piperidine rings is 1. The number of carboxylic acids is 2. The van der Waals surface area contributed by atoms with E-state index < -0.39 is 89.6 Å². The van der Waals surface area contributed by atoms with E-state index in [2.05, 4.69) is 28.0 Å². The number of benzene rings is 2. The molecule has 1 saturated heterocycles. The lowest BCUT2D eigenvalue weighted by Crippen LogP contribution is -2.58. The fourth-order valence-electron chi connectivity index (χ4n) is 14.4. The van der Waals surface area contributed by atoms with E-state index >= 15 is 4.79 Å². The molecule has 1 fully saturated rings. The van der Waals surface area contributed by atoms with Gasteiger partial charge in [-0.05, 0) is 80.2 Å². The molecule has 0 saturated carbocycles. The highest BCUT2D eigenvalue weighted by Crippen LogP contribution is 2.35. The van der Waals surface area contributed by atoms with Crippen molar-refractivity contribution >= 4 is 70.2 Å². The molecule has 2 heterocycles. The number of ketones is 3. The Bertz CT molecular complexity index is 3490. The van der Waals surface area contributed by atoms with E-state index in [9.17, 15) is 53.4 Å². The summed E-state index contributed by atoms with van der Waals surface area (Å²) in [4.78, 5) is 141. The summed E-state index contributed by atoms with van der Waals surface area (Å²) < 4.78 is 71.7. The van der Waals surface area contributed by atoms with Gasteiger partial charge in [-0.3, -0.25) is 47.9 Å². The molecule has 0 spiro atoms. The second kappa shape index (κ2) is 63.7. The van der Waals surface area contributed by atoms with E-state index in [-0.39, 0.29) is 105 Å². The third kappa shape index (κ3) is 45.7. The van der Waals surface area contributed by atoms with Crippen molar-refractivity contribution in [2.24, 2.45) is 41.2 Å². The summed E-state index contributed by atoms with van der Waals surface area (Å²) in [5.41, 5.74) is 8.92. The first-order valence-electron chi connectivity index (χ1n) is 43.9. The second-order valence-corrected chi connectivity index (χ2v) is 33.3. The van der Waals surface area contributed by atoms with Gasteiger partial charge < -0.3 is 103 Å². The lowest BCUT2D eigenvalue weighted by molar-refractivity contribution is -0.941. The largest absolute Gasteiger partial charge is 0.481 e. The minimum Gasteiger partial charge on any atom is -0.481 e. The molecule has 1 aliphatic heterocycles. The third-order valence-corrected chi connectivity index (χ3v) is 22.8. The lowest BCUT2D eigenvalue weighted by atomic mass is 9.82.